The molecule has 0 bridgehead atoms. The molecule has 0 saturated carbocycles. The first-order chi connectivity index (χ1) is 10.6. The number of hydrogen-bond donors (Lipinski definition) is 1. The number of aryl methyl sites for hydroxylation is 1. The third-order valence-electron chi connectivity index (χ3n) is 3.04. The zero-order valence-electron chi connectivity index (χ0n) is 12.1. The van der Waals surface area contributed by atoms with Crippen LogP contribution in [0, 0.1) is 10.5 Å². The molecular formula is C17H16INO3. The number of amides is 1. The van der Waals surface area contributed by atoms with Gasteiger partial charge in [-0.25, -0.2) is 4.79 Å². The van der Waals surface area contributed by atoms with E-state index in [-0.39, 0.29) is 12.5 Å². The third-order valence-corrected chi connectivity index (χ3v) is 3.98. The standard InChI is InChI=1S/C17H16INO3/c1-12-6-8-13(9-7-12)10-19-16(20)11-22-17(21)14-4-2-3-5-15(14)18/h2-9H,10-11H2,1H3,(H,19,20). The van der Waals surface area contributed by atoms with Gasteiger partial charge in [0.15, 0.2) is 6.61 Å². The van der Waals surface area contributed by atoms with E-state index in [1.807, 2.05) is 43.3 Å². The van der Waals surface area contributed by atoms with Crippen LogP contribution in [0.2, 0.25) is 0 Å². The summed E-state index contributed by atoms with van der Waals surface area (Å²) in [7, 11) is 0. The van der Waals surface area contributed by atoms with E-state index in [0.29, 0.717) is 12.1 Å². The molecule has 0 aliphatic rings. The van der Waals surface area contributed by atoms with E-state index < -0.39 is 5.97 Å². The van der Waals surface area contributed by atoms with E-state index in [0.717, 1.165) is 9.13 Å². The van der Waals surface area contributed by atoms with Crippen molar-refractivity contribution >= 4 is 34.5 Å². The van der Waals surface area contributed by atoms with Gasteiger partial charge >= 0.3 is 5.97 Å². The highest BCUT2D eigenvalue weighted by atomic mass is 127. The smallest absolute Gasteiger partial charge is 0.339 e. The molecule has 0 heterocycles. The Kier molecular flexibility index (Phi) is 5.94. The summed E-state index contributed by atoms with van der Waals surface area (Å²) in [5, 5.41) is 2.72. The summed E-state index contributed by atoms with van der Waals surface area (Å²) in [5.41, 5.74) is 2.64. The van der Waals surface area contributed by atoms with Gasteiger partial charge in [-0.2, -0.15) is 0 Å². The Morgan fingerprint density at radius 2 is 1.77 bits per heavy atom. The summed E-state index contributed by atoms with van der Waals surface area (Å²) in [5.74, 6) is -0.810. The van der Waals surface area contributed by atoms with Crippen molar-refractivity contribution in [2.75, 3.05) is 6.61 Å². The van der Waals surface area contributed by atoms with Crippen LogP contribution in [-0.4, -0.2) is 18.5 Å². The first-order valence-electron chi connectivity index (χ1n) is 6.80. The van der Waals surface area contributed by atoms with Crippen molar-refractivity contribution in [1.29, 1.82) is 0 Å². The van der Waals surface area contributed by atoms with Gasteiger partial charge < -0.3 is 10.1 Å². The number of nitrogens with one attached hydrogen (secondary N) is 1. The number of rotatable bonds is 5. The van der Waals surface area contributed by atoms with Crippen molar-refractivity contribution < 1.29 is 14.3 Å². The lowest BCUT2D eigenvalue weighted by molar-refractivity contribution is -0.124. The summed E-state index contributed by atoms with van der Waals surface area (Å²) in [6.07, 6.45) is 0. The van der Waals surface area contributed by atoms with Gasteiger partial charge in [-0.05, 0) is 47.2 Å². The van der Waals surface area contributed by atoms with E-state index in [2.05, 4.69) is 27.9 Å². The molecule has 0 aromatic heterocycles. The van der Waals surface area contributed by atoms with Gasteiger partial charge in [-0.1, -0.05) is 42.0 Å². The maximum atomic E-state index is 11.9. The Bertz CT molecular complexity index is 668. The van der Waals surface area contributed by atoms with Gasteiger partial charge in [0.05, 0.1) is 5.56 Å². The highest BCUT2D eigenvalue weighted by molar-refractivity contribution is 14.1. The van der Waals surface area contributed by atoms with Crippen molar-refractivity contribution in [3.8, 4) is 0 Å². The zero-order chi connectivity index (χ0) is 15.9. The predicted molar refractivity (Wildman–Crippen MR) is 92.5 cm³/mol. The lowest BCUT2D eigenvalue weighted by Gasteiger charge is -2.08. The second kappa shape index (κ2) is 7.93. The van der Waals surface area contributed by atoms with Crippen molar-refractivity contribution in [3.05, 3.63) is 68.8 Å². The second-order valence-corrected chi connectivity index (χ2v) is 5.98. The number of halogens is 1. The molecule has 0 spiro atoms. The van der Waals surface area contributed by atoms with Crippen LogP contribution in [0.4, 0.5) is 0 Å². The Balaban J connectivity index is 1.79. The second-order valence-electron chi connectivity index (χ2n) is 4.82. The molecule has 114 valence electrons. The van der Waals surface area contributed by atoms with E-state index in [9.17, 15) is 9.59 Å². The number of benzene rings is 2. The van der Waals surface area contributed by atoms with Crippen molar-refractivity contribution in [1.82, 2.24) is 5.32 Å². The third kappa shape index (κ3) is 4.84. The predicted octanol–water partition coefficient (Wildman–Crippen LogP) is 3.07. The minimum Gasteiger partial charge on any atom is -0.452 e. The van der Waals surface area contributed by atoms with E-state index in [4.69, 9.17) is 4.74 Å². The van der Waals surface area contributed by atoms with Crippen LogP contribution < -0.4 is 5.32 Å². The molecular weight excluding hydrogens is 393 g/mol. The summed E-state index contributed by atoms with van der Waals surface area (Å²) >= 11 is 2.06. The highest BCUT2D eigenvalue weighted by Crippen LogP contribution is 2.12. The molecule has 0 radical (unpaired) electrons. The molecule has 0 fully saturated rings. The summed E-state index contributed by atoms with van der Waals surface area (Å²) in [4.78, 5) is 23.6. The molecule has 1 N–H and O–H groups in total. The van der Waals surface area contributed by atoms with Crippen molar-refractivity contribution in [3.63, 3.8) is 0 Å². The van der Waals surface area contributed by atoms with Gasteiger partial charge in [0.2, 0.25) is 0 Å². The van der Waals surface area contributed by atoms with Crippen LogP contribution in [0.3, 0.4) is 0 Å². The first-order valence-corrected chi connectivity index (χ1v) is 7.88. The molecule has 22 heavy (non-hydrogen) atoms. The maximum Gasteiger partial charge on any atom is 0.339 e. The number of esters is 1. The quantitative estimate of drug-likeness (QED) is 0.610. The molecule has 0 unspecified atom stereocenters. The van der Waals surface area contributed by atoms with Gasteiger partial charge in [-0.15, -0.1) is 0 Å². The van der Waals surface area contributed by atoms with Gasteiger partial charge in [0, 0.05) is 10.1 Å². The minimum absolute atomic E-state index is 0.282. The van der Waals surface area contributed by atoms with E-state index in [1.54, 1.807) is 12.1 Å². The topological polar surface area (TPSA) is 55.4 Å². The van der Waals surface area contributed by atoms with E-state index in [1.165, 1.54) is 5.56 Å². The number of ether oxygens (including phenoxy) is 1. The van der Waals surface area contributed by atoms with Gasteiger partial charge in [0.1, 0.15) is 0 Å². The summed E-state index contributed by atoms with van der Waals surface area (Å²) in [6.45, 7) is 2.14. The van der Waals surface area contributed by atoms with Gasteiger partial charge in [-0.3, -0.25) is 4.79 Å². The number of carbonyl (C=O) groups excluding carboxylic acids is 2. The monoisotopic (exact) mass is 409 g/mol. The van der Waals surface area contributed by atoms with Crippen LogP contribution in [0.1, 0.15) is 21.5 Å². The Labute approximate surface area is 143 Å². The highest BCUT2D eigenvalue weighted by Gasteiger charge is 2.12. The SMILES string of the molecule is Cc1ccc(CNC(=O)COC(=O)c2ccccc2I)cc1. The number of carbonyl (C=O) groups is 2. The van der Waals surface area contributed by atoms with Crippen molar-refractivity contribution in [2.45, 2.75) is 13.5 Å². The zero-order valence-corrected chi connectivity index (χ0v) is 14.3. The molecule has 0 saturated heterocycles. The summed E-state index contributed by atoms with van der Waals surface area (Å²) in [6, 6.07) is 15.0. The molecule has 0 aliphatic heterocycles. The first kappa shape index (κ1) is 16.5. The molecule has 2 rings (SSSR count). The molecule has 4 nitrogen and oxygen atoms in total. The molecule has 2 aromatic carbocycles. The van der Waals surface area contributed by atoms with E-state index >= 15 is 0 Å². The lowest BCUT2D eigenvalue weighted by Crippen LogP contribution is -2.28. The fraction of sp³-hybridized carbons (Fsp3) is 0.176. The fourth-order valence-electron chi connectivity index (χ4n) is 1.79. The molecule has 0 atom stereocenters. The maximum absolute atomic E-state index is 11.9. The Morgan fingerprint density at radius 3 is 2.45 bits per heavy atom. The Morgan fingerprint density at radius 1 is 1.09 bits per heavy atom. The summed E-state index contributed by atoms with van der Waals surface area (Å²) < 4.78 is 5.82. The molecule has 2 aromatic rings. The normalized spacial score (nSPS) is 10.1. The minimum atomic E-state index is -0.490. The van der Waals surface area contributed by atoms with Crippen LogP contribution in [0.15, 0.2) is 48.5 Å². The fourth-order valence-corrected chi connectivity index (χ4v) is 2.40. The molecule has 5 heteroatoms. The van der Waals surface area contributed by atoms with Crippen LogP contribution in [0.25, 0.3) is 0 Å². The van der Waals surface area contributed by atoms with Gasteiger partial charge in [0.25, 0.3) is 5.91 Å². The largest absolute Gasteiger partial charge is 0.452 e. The van der Waals surface area contributed by atoms with Crippen LogP contribution >= 0.6 is 22.6 Å². The van der Waals surface area contributed by atoms with Crippen LogP contribution in [-0.2, 0) is 16.1 Å². The van der Waals surface area contributed by atoms with Crippen molar-refractivity contribution in [2.24, 2.45) is 0 Å². The molecule has 1 amide bonds. The lowest BCUT2D eigenvalue weighted by atomic mass is 10.1. The number of hydrogen-bond acceptors (Lipinski definition) is 3. The average molecular weight is 409 g/mol. The molecule has 0 aliphatic carbocycles. The Hall–Kier alpha value is -1.89. The van der Waals surface area contributed by atoms with Crippen LogP contribution in [0.5, 0.6) is 0 Å². The average Bonchev–Trinajstić information content (AvgIpc) is 2.52.